The fourth-order valence-electron chi connectivity index (χ4n) is 1.39. The number of benzene rings is 1. The monoisotopic (exact) mass is 163 g/mol. The second-order valence-corrected chi connectivity index (χ2v) is 2.81. The summed E-state index contributed by atoms with van der Waals surface area (Å²) in [5.41, 5.74) is 1.30. The minimum atomic E-state index is -0.557. The first-order valence-corrected chi connectivity index (χ1v) is 3.84. The number of nitrogens with one attached hydrogen (secondary N) is 1. The first-order chi connectivity index (χ1) is 5.79. The summed E-state index contributed by atoms with van der Waals surface area (Å²) in [6, 6.07) is 7.10. The Morgan fingerprint density at radius 1 is 1.42 bits per heavy atom. The molecule has 3 nitrogen and oxygen atoms in total. The van der Waals surface area contributed by atoms with Gasteiger partial charge in [0.05, 0.1) is 6.10 Å². The molecule has 1 aliphatic heterocycles. The molecule has 2 rings (SSSR count). The lowest BCUT2D eigenvalue weighted by molar-refractivity contribution is 0.0876. The molecule has 1 aromatic carbocycles. The summed E-state index contributed by atoms with van der Waals surface area (Å²) in [5, 5.41) is 12.1. The lowest BCUT2D eigenvalue weighted by Gasteiger charge is -2.20. The third-order valence-corrected chi connectivity index (χ3v) is 2.02. The molecule has 0 fully saturated rings. The van der Waals surface area contributed by atoms with Crippen LogP contribution in [0.5, 0.6) is 0 Å². The van der Waals surface area contributed by atoms with Gasteiger partial charge in [0, 0.05) is 12.1 Å². The van der Waals surface area contributed by atoms with Gasteiger partial charge in [-0.25, -0.2) is 0 Å². The number of rotatable bonds is 0. The predicted octanol–water partition coefficient (Wildman–Crippen LogP) is 0.463. The van der Waals surface area contributed by atoms with Crippen molar-refractivity contribution in [3.8, 4) is 0 Å². The van der Waals surface area contributed by atoms with Gasteiger partial charge >= 0.3 is 0 Å². The van der Waals surface area contributed by atoms with Crippen molar-refractivity contribution in [3.63, 3.8) is 0 Å². The average Bonchev–Trinajstić information content (AvgIpc) is 2.12. The van der Waals surface area contributed by atoms with Gasteiger partial charge in [0.1, 0.15) is 0 Å². The summed E-state index contributed by atoms with van der Waals surface area (Å²) < 4.78 is 0. The van der Waals surface area contributed by atoms with E-state index in [1.165, 1.54) is 0 Å². The SMILES string of the molecule is O=C1NCC(O)c2ccccc21. The first-order valence-electron chi connectivity index (χ1n) is 3.84. The van der Waals surface area contributed by atoms with E-state index in [2.05, 4.69) is 5.32 Å². The van der Waals surface area contributed by atoms with Gasteiger partial charge in [-0.3, -0.25) is 4.79 Å². The van der Waals surface area contributed by atoms with Crippen LogP contribution in [-0.2, 0) is 0 Å². The van der Waals surface area contributed by atoms with E-state index in [1.54, 1.807) is 18.2 Å². The molecule has 1 unspecified atom stereocenters. The number of aliphatic hydroxyl groups is 1. The van der Waals surface area contributed by atoms with Crippen LogP contribution in [0.2, 0.25) is 0 Å². The molecule has 1 heterocycles. The maximum absolute atomic E-state index is 11.2. The van der Waals surface area contributed by atoms with Gasteiger partial charge in [-0.05, 0) is 11.6 Å². The fourth-order valence-corrected chi connectivity index (χ4v) is 1.39. The van der Waals surface area contributed by atoms with E-state index in [1.807, 2.05) is 6.07 Å². The highest BCUT2D eigenvalue weighted by atomic mass is 16.3. The molecule has 3 heteroatoms. The summed E-state index contributed by atoms with van der Waals surface area (Å²) in [7, 11) is 0. The number of hydrogen-bond donors (Lipinski definition) is 2. The van der Waals surface area contributed by atoms with Crippen LogP contribution in [0.25, 0.3) is 0 Å². The Kier molecular flexibility index (Phi) is 1.59. The van der Waals surface area contributed by atoms with E-state index in [9.17, 15) is 9.90 Å². The summed E-state index contributed by atoms with van der Waals surface area (Å²) in [5.74, 6) is -0.101. The van der Waals surface area contributed by atoms with Crippen molar-refractivity contribution in [1.29, 1.82) is 0 Å². The van der Waals surface area contributed by atoms with Gasteiger partial charge in [0.15, 0.2) is 0 Å². The molecule has 12 heavy (non-hydrogen) atoms. The van der Waals surface area contributed by atoms with Crippen LogP contribution < -0.4 is 5.32 Å². The smallest absolute Gasteiger partial charge is 0.251 e. The van der Waals surface area contributed by atoms with Gasteiger partial charge in [-0.15, -0.1) is 0 Å². The zero-order valence-corrected chi connectivity index (χ0v) is 6.45. The number of carbonyl (C=O) groups is 1. The molecule has 1 aliphatic rings. The lowest BCUT2D eigenvalue weighted by atomic mass is 9.98. The molecular formula is C9H9NO2. The number of fused-ring (bicyclic) bond motifs is 1. The summed E-state index contributed by atoms with van der Waals surface area (Å²) in [6.45, 7) is 0.315. The maximum Gasteiger partial charge on any atom is 0.251 e. The molecule has 0 spiro atoms. The Morgan fingerprint density at radius 2 is 2.17 bits per heavy atom. The van der Waals surface area contributed by atoms with E-state index in [4.69, 9.17) is 0 Å². The highest BCUT2D eigenvalue weighted by Crippen LogP contribution is 2.20. The highest BCUT2D eigenvalue weighted by molar-refractivity contribution is 5.96. The number of β-amino-alcohol motifs (C(OH)–C–C–N with tert-alkyl or cyclic N) is 1. The second kappa shape index (κ2) is 2.60. The van der Waals surface area contributed by atoms with Crippen LogP contribution >= 0.6 is 0 Å². The zero-order chi connectivity index (χ0) is 8.55. The van der Waals surface area contributed by atoms with Crippen molar-refractivity contribution < 1.29 is 9.90 Å². The molecule has 1 aromatic rings. The van der Waals surface area contributed by atoms with Crippen molar-refractivity contribution in [2.24, 2.45) is 0 Å². The zero-order valence-electron chi connectivity index (χ0n) is 6.45. The van der Waals surface area contributed by atoms with E-state index in [0.29, 0.717) is 12.1 Å². The van der Waals surface area contributed by atoms with E-state index < -0.39 is 6.10 Å². The standard InChI is InChI=1S/C9H9NO2/c11-8-5-10-9(12)7-4-2-1-3-6(7)8/h1-4,8,11H,5H2,(H,10,12). The van der Waals surface area contributed by atoms with Crippen molar-refractivity contribution in [3.05, 3.63) is 35.4 Å². The maximum atomic E-state index is 11.2. The minimum Gasteiger partial charge on any atom is -0.387 e. The number of carbonyl (C=O) groups excluding carboxylic acids is 1. The molecule has 2 N–H and O–H groups in total. The third-order valence-electron chi connectivity index (χ3n) is 2.02. The van der Waals surface area contributed by atoms with Crippen LogP contribution in [0.1, 0.15) is 22.0 Å². The Hall–Kier alpha value is -1.35. The number of aliphatic hydroxyl groups excluding tert-OH is 1. The van der Waals surface area contributed by atoms with Gasteiger partial charge in [0.2, 0.25) is 0 Å². The third kappa shape index (κ3) is 0.987. The highest BCUT2D eigenvalue weighted by Gasteiger charge is 2.22. The molecular weight excluding hydrogens is 154 g/mol. The number of amides is 1. The summed E-state index contributed by atoms with van der Waals surface area (Å²) in [4.78, 5) is 11.2. The summed E-state index contributed by atoms with van der Waals surface area (Å²) in [6.07, 6.45) is -0.557. The Labute approximate surface area is 70.0 Å². The Balaban J connectivity index is 2.55. The van der Waals surface area contributed by atoms with Crippen LogP contribution in [0.3, 0.4) is 0 Å². The lowest BCUT2D eigenvalue weighted by Crippen LogP contribution is -2.34. The van der Waals surface area contributed by atoms with E-state index in [-0.39, 0.29) is 5.91 Å². The first kappa shape index (κ1) is 7.31. The van der Waals surface area contributed by atoms with Gasteiger partial charge in [-0.2, -0.15) is 0 Å². The second-order valence-electron chi connectivity index (χ2n) is 2.81. The van der Waals surface area contributed by atoms with Crippen LogP contribution in [-0.4, -0.2) is 17.6 Å². The van der Waals surface area contributed by atoms with Gasteiger partial charge < -0.3 is 10.4 Å². The predicted molar refractivity (Wildman–Crippen MR) is 43.7 cm³/mol. The molecule has 0 radical (unpaired) electrons. The quantitative estimate of drug-likeness (QED) is 0.584. The normalized spacial score (nSPS) is 21.4. The topological polar surface area (TPSA) is 49.3 Å². The van der Waals surface area contributed by atoms with Crippen molar-refractivity contribution in [1.82, 2.24) is 5.32 Å². The van der Waals surface area contributed by atoms with E-state index in [0.717, 1.165) is 5.56 Å². The molecule has 0 aliphatic carbocycles. The van der Waals surface area contributed by atoms with Crippen molar-refractivity contribution in [2.45, 2.75) is 6.10 Å². The molecule has 0 aromatic heterocycles. The van der Waals surface area contributed by atoms with Crippen LogP contribution in [0, 0.1) is 0 Å². The largest absolute Gasteiger partial charge is 0.387 e. The van der Waals surface area contributed by atoms with E-state index >= 15 is 0 Å². The van der Waals surface area contributed by atoms with Crippen molar-refractivity contribution >= 4 is 5.91 Å². The number of hydrogen-bond acceptors (Lipinski definition) is 2. The molecule has 1 amide bonds. The van der Waals surface area contributed by atoms with Crippen molar-refractivity contribution in [2.75, 3.05) is 6.54 Å². The van der Waals surface area contributed by atoms with Crippen LogP contribution in [0.15, 0.2) is 24.3 Å². The molecule has 0 bridgehead atoms. The Morgan fingerprint density at radius 3 is 2.92 bits per heavy atom. The molecule has 62 valence electrons. The van der Waals surface area contributed by atoms with Gasteiger partial charge in [-0.1, -0.05) is 18.2 Å². The minimum absolute atomic E-state index is 0.101. The average molecular weight is 163 g/mol. The molecule has 1 atom stereocenters. The fraction of sp³-hybridized carbons (Fsp3) is 0.222. The Bertz CT molecular complexity index is 322. The molecule has 0 saturated heterocycles. The summed E-state index contributed by atoms with van der Waals surface area (Å²) >= 11 is 0. The van der Waals surface area contributed by atoms with Crippen LogP contribution in [0.4, 0.5) is 0 Å². The van der Waals surface area contributed by atoms with Gasteiger partial charge in [0.25, 0.3) is 5.91 Å². The molecule has 0 saturated carbocycles.